The van der Waals surface area contributed by atoms with Gasteiger partial charge in [-0.25, -0.2) is 4.39 Å². The first kappa shape index (κ1) is 10.7. The van der Waals surface area contributed by atoms with E-state index in [9.17, 15) is 9.18 Å². The fourth-order valence-electron chi connectivity index (χ4n) is 0.827. The number of halogens is 3. The molecule has 1 aromatic carbocycles. The van der Waals surface area contributed by atoms with Crippen molar-refractivity contribution in [3.05, 3.63) is 28.0 Å². The van der Waals surface area contributed by atoms with E-state index in [1.54, 1.807) is 0 Å². The molecule has 5 heteroatoms. The van der Waals surface area contributed by atoms with Crippen LogP contribution in [0, 0.1) is 5.82 Å². The summed E-state index contributed by atoms with van der Waals surface area (Å²) in [7, 11) is 0. The van der Waals surface area contributed by atoms with Crippen LogP contribution in [0.5, 0.6) is 5.75 Å². The van der Waals surface area contributed by atoms with Crippen molar-refractivity contribution in [2.24, 2.45) is 0 Å². The van der Waals surface area contributed by atoms with Crippen molar-refractivity contribution in [2.45, 2.75) is 0 Å². The smallest absolute Gasteiger partial charge is 0.179 e. The van der Waals surface area contributed by atoms with E-state index in [1.807, 2.05) is 0 Å². The normalized spacial score (nSPS) is 10.1. The highest BCUT2D eigenvalue weighted by molar-refractivity contribution is 9.10. The molecule has 0 radical (unpaired) electrons. The Morgan fingerprint density at radius 2 is 2.15 bits per heavy atom. The number of benzene rings is 1. The van der Waals surface area contributed by atoms with Gasteiger partial charge in [0.25, 0.3) is 0 Å². The molecule has 0 saturated heterocycles. The highest BCUT2D eigenvalue weighted by atomic mass is 79.9. The Labute approximate surface area is 91.0 Å². The summed E-state index contributed by atoms with van der Waals surface area (Å²) in [5.41, 5.74) is 0.215. The van der Waals surface area contributed by atoms with Crippen LogP contribution in [0.4, 0.5) is 4.39 Å². The zero-order valence-corrected chi connectivity index (χ0v) is 9.52. The number of carbonyl (C=O) groups excluding carboxylic acids is 1. The lowest BCUT2D eigenvalue weighted by Crippen LogP contribution is -2.02. The Morgan fingerprint density at radius 3 is 2.69 bits per heavy atom. The molecular weight excluding hydrogens is 307 g/mol. The first-order valence-corrected chi connectivity index (χ1v) is 5.25. The van der Waals surface area contributed by atoms with Gasteiger partial charge in [-0.15, -0.1) is 0 Å². The van der Waals surface area contributed by atoms with Gasteiger partial charge in [0, 0.05) is 5.56 Å². The molecule has 0 aromatic heterocycles. The second kappa shape index (κ2) is 4.19. The molecular formula is C8H5Br2FO2. The summed E-state index contributed by atoms with van der Waals surface area (Å²) in [6, 6.07) is 2.52. The van der Waals surface area contributed by atoms with Crippen LogP contribution < -0.4 is 0 Å². The van der Waals surface area contributed by atoms with Crippen LogP contribution in [0.2, 0.25) is 0 Å². The SMILES string of the molecule is O=C(CBr)c1ccc(O)c(F)c1Br. The molecule has 0 bridgehead atoms. The van der Waals surface area contributed by atoms with Gasteiger partial charge >= 0.3 is 0 Å². The first-order chi connectivity index (χ1) is 6.07. The van der Waals surface area contributed by atoms with E-state index in [1.165, 1.54) is 6.07 Å². The van der Waals surface area contributed by atoms with Gasteiger partial charge in [0.05, 0.1) is 9.80 Å². The summed E-state index contributed by atoms with van der Waals surface area (Å²) < 4.78 is 13.0. The van der Waals surface area contributed by atoms with Gasteiger partial charge in [0.15, 0.2) is 17.3 Å². The molecule has 1 N–H and O–H groups in total. The third-order valence-electron chi connectivity index (χ3n) is 1.48. The van der Waals surface area contributed by atoms with Gasteiger partial charge in [-0.3, -0.25) is 4.79 Å². The highest BCUT2D eigenvalue weighted by Crippen LogP contribution is 2.28. The van der Waals surface area contributed by atoms with Gasteiger partial charge in [0.2, 0.25) is 0 Å². The molecule has 0 fully saturated rings. The summed E-state index contributed by atoms with van der Waals surface area (Å²) in [6.45, 7) is 0. The molecule has 0 unspecified atom stereocenters. The standard InChI is InChI=1S/C8H5Br2FO2/c9-3-6(13)4-1-2-5(12)8(11)7(4)10/h1-2,12H,3H2. The molecule has 13 heavy (non-hydrogen) atoms. The summed E-state index contributed by atoms with van der Waals surface area (Å²) in [4.78, 5) is 11.2. The molecule has 1 aromatic rings. The molecule has 0 aliphatic heterocycles. The zero-order valence-electron chi connectivity index (χ0n) is 6.35. The van der Waals surface area contributed by atoms with E-state index in [4.69, 9.17) is 5.11 Å². The Hall–Kier alpha value is -0.420. The predicted molar refractivity (Wildman–Crippen MR) is 53.9 cm³/mol. The summed E-state index contributed by atoms with van der Waals surface area (Å²) in [5.74, 6) is -1.53. The first-order valence-electron chi connectivity index (χ1n) is 3.34. The van der Waals surface area contributed by atoms with Crippen molar-refractivity contribution >= 4 is 37.6 Å². The number of ketones is 1. The summed E-state index contributed by atoms with van der Waals surface area (Å²) in [5, 5.41) is 9.07. The average molecular weight is 312 g/mol. The minimum absolute atomic E-state index is 0.00282. The lowest BCUT2D eigenvalue weighted by atomic mass is 10.1. The second-order valence-corrected chi connectivity index (χ2v) is 3.67. The number of rotatable bonds is 2. The van der Waals surface area contributed by atoms with Crippen molar-refractivity contribution in [1.82, 2.24) is 0 Å². The van der Waals surface area contributed by atoms with Gasteiger partial charge < -0.3 is 5.11 Å². The number of Topliss-reactive ketones (excluding diaryl/α,β-unsaturated/α-hetero) is 1. The fraction of sp³-hybridized carbons (Fsp3) is 0.125. The number of hydrogen-bond acceptors (Lipinski definition) is 2. The largest absolute Gasteiger partial charge is 0.505 e. The summed E-state index contributed by atoms with van der Waals surface area (Å²) in [6.07, 6.45) is 0. The van der Waals surface area contributed by atoms with Crippen LogP contribution in [0.3, 0.4) is 0 Å². The van der Waals surface area contributed by atoms with Crippen LogP contribution in [-0.4, -0.2) is 16.2 Å². The number of hydrogen-bond donors (Lipinski definition) is 1. The van der Waals surface area contributed by atoms with Crippen LogP contribution in [0.1, 0.15) is 10.4 Å². The van der Waals surface area contributed by atoms with Crippen LogP contribution in [0.25, 0.3) is 0 Å². The van der Waals surface area contributed by atoms with Gasteiger partial charge in [-0.2, -0.15) is 0 Å². The highest BCUT2D eigenvalue weighted by Gasteiger charge is 2.14. The van der Waals surface area contributed by atoms with Gasteiger partial charge in [-0.1, -0.05) is 15.9 Å². The number of carbonyl (C=O) groups is 1. The monoisotopic (exact) mass is 310 g/mol. The van der Waals surface area contributed by atoms with Crippen molar-refractivity contribution in [2.75, 3.05) is 5.33 Å². The number of phenols is 1. The molecule has 0 amide bonds. The zero-order chi connectivity index (χ0) is 10.0. The molecule has 0 atom stereocenters. The topological polar surface area (TPSA) is 37.3 Å². The lowest BCUT2D eigenvalue weighted by Gasteiger charge is -2.03. The molecule has 2 nitrogen and oxygen atoms in total. The molecule has 0 aliphatic carbocycles. The average Bonchev–Trinajstić information content (AvgIpc) is 2.13. The van der Waals surface area contributed by atoms with Crippen molar-refractivity contribution in [3.8, 4) is 5.75 Å². The fourth-order valence-corrected chi connectivity index (χ4v) is 1.69. The van der Waals surface area contributed by atoms with Crippen molar-refractivity contribution in [1.29, 1.82) is 0 Å². The molecule has 0 heterocycles. The second-order valence-electron chi connectivity index (χ2n) is 2.32. The van der Waals surface area contributed by atoms with Gasteiger partial charge in [-0.05, 0) is 28.1 Å². The van der Waals surface area contributed by atoms with Crippen LogP contribution >= 0.6 is 31.9 Å². The quantitative estimate of drug-likeness (QED) is 0.673. The van der Waals surface area contributed by atoms with Crippen molar-refractivity contribution in [3.63, 3.8) is 0 Å². The maximum atomic E-state index is 13.0. The molecule has 0 spiro atoms. The Balaban J connectivity index is 3.26. The predicted octanol–water partition coefficient (Wildman–Crippen LogP) is 2.87. The number of alkyl halides is 1. The van der Waals surface area contributed by atoms with E-state index in [0.29, 0.717) is 0 Å². The summed E-state index contributed by atoms with van der Waals surface area (Å²) >= 11 is 5.87. The van der Waals surface area contributed by atoms with E-state index >= 15 is 0 Å². The maximum Gasteiger partial charge on any atom is 0.179 e. The Kier molecular flexibility index (Phi) is 3.44. The van der Waals surface area contributed by atoms with Crippen LogP contribution in [-0.2, 0) is 0 Å². The third kappa shape index (κ3) is 2.08. The minimum atomic E-state index is -0.813. The Morgan fingerprint density at radius 1 is 1.54 bits per heavy atom. The molecule has 70 valence electrons. The number of aromatic hydroxyl groups is 1. The molecule has 1 rings (SSSR count). The lowest BCUT2D eigenvalue weighted by molar-refractivity contribution is 0.102. The van der Waals surface area contributed by atoms with Gasteiger partial charge in [0.1, 0.15) is 0 Å². The van der Waals surface area contributed by atoms with E-state index in [2.05, 4.69) is 31.9 Å². The van der Waals surface area contributed by atoms with Crippen LogP contribution in [0.15, 0.2) is 16.6 Å². The molecule has 0 aliphatic rings. The minimum Gasteiger partial charge on any atom is -0.505 e. The Bertz CT molecular complexity index is 352. The van der Waals surface area contributed by atoms with Crippen molar-refractivity contribution < 1.29 is 14.3 Å². The third-order valence-corrected chi connectivity index (χ3v) is 2.77. The maximum absolute atomic E-state index is 13.0. The van der Waals surface area contributed by atoms with E-state index < -0.39 is 11.6 Å². The number of phenolic OH excluding ortho intramolecular Hbond substituents is 1. The van der Waals surface area contributed by atoms with E-state index in [-0.39, 0.29) is 21.1 Å². The molecule has 0 saturated carbocycles. The van der Waals surface area contributed by atoms with E-state index in [0.717, 1.165) is 6.07 Å².